The van der Waals surface area contributed by atoms with Gasteiger partial charge in [-0.2, -0.15) is 0 Å². The Morgan fingerprint density at radius 2 is 0.849 bits per heavy atom. The molecule has 2 atom stereocenters. The van der Waals surface area contributed by atoms with Crippen molar-refractivity contribution in [1.29, 1.82) is 0 Å². The standard InChI is InChI=1S/C66H78N12O15/c1-41-61(45(5)92-73-41)49-33-53-47(35-57(49)83-7)63-55(37-71-53)75(65(81)77(63)43(3)51-13-9-11-15-67-51)39-59(79)69-17-19-85-21-23-87-25-27-89-29-31-91-32-30-90-28-26-88-24-22-86-20-18-70-60(80)40-76-56-38-72-54-34-50(62-42(2)74-93-46(62)6)58(84-8)36-48(54)64(56)78(66(76)82)44(4)52-14-10-12-16-68-52/h9-16,33-38,43-44H,17-32,39-40H2,1-8H3,(H,69,79)(H,70,80)/t43-,44-/m1/s1. The molecule has 10 aromatic rings. The molecule has 0 aliphatic heterocycles. The number of nitrogens with one attached hydrogen (secondary N) is 2. The van der Waals surface area contributed by atoms with Crippen LogP contribution >= 0.6 is 0 Å². The van der Waals surface area contributed by atoms with Crippen LogP contribution < -0.4 is 31.5 Å². The maximum atomic E-state index is 14.3. The summed E-state index contributed by atoms with van der Waals surface area (Å²) in [5.41, 5.74) is 8.52. The van der Waals surface area contributed by atoms with Crippen LogP contribution in [0.1, 0.15) is 60.2 Å². The van der Waals surface area contributed by atoms with E-state index in [2.05, 4.69) is 30.9 Å². The van der Waals surface area contributed by atoms with Gasteiger partial charge in [0.1, 0.15) is 36.1 Å². The van der Waals surface area contributed by atoms with Gasteiger partial charge in [-0.1, -0.05) is 22.4 Å². The number of ether oxygens (including phenoxy) is 9. The minimum absolute atomic E-state index is 0.228. The zero-order valence-electron chi connectivity index (χ0n) is 53.6. The zero-order valence-corrected chi connectivity index (χ0v) is 53.6. The van der Waals surface area contributed by atoms with Crippen LogP contribution in [0.4, 0.5) is 0 Å². The van der Waals surface area contributed by atoms with Crippen LogP contribution in [0, 0.1) is 27.7 Å². The number of benzene rings is 2. The van der Waals surface area contributed by atoms with E-state index < -0.39 is 12.1 Å². The number of methoxy groups -OCH3 is 2. The summed E-state index contributed by atoms with van der Waals surface area (Å²) in [6.45, 7) is 16.1. The van der Waals surface area contributed by atoms with Gasteiger partial charge in [0, 0.05) is 47.4 Å². The molecule has 0 radical (unpaired) electrons. The molecule has 93 heavy (non-hydrogen) atoms. The number of pyridine rings is 4. The van der Waals surface area contributed by atoms with Gasteiger partial charge in [0.25, 0.3) is 0 Å². The molecule has 0 saturated heterocycles. The van der Waals surface area contributed by atoms with Gasteiger partial charge in [0.05, 0.1) is 198 Å². The summed E-state index contributed by atoms with van der Waals surface area (Å²) in [5, 5.41) is 15.3. The Hall–Kier alpha value is -9.22. The smallest absolute Gasteiger partial charge is 0.330 e. The summed E-state index contributed by atoms with van der Waals surface area (Å²) in [6.07, 6.45) is 6.60. The summed E-state index contributed by atoms with van der Waals surface area (Å²) in [7, 11) is 3.17. The first-order valence-corrected chi connectivity index (χ1v) is 30.8. The van der Waals surface area contributed by atoms with Crippen LogP contribution in [-0.4, -0.2) is 180 Å². The monoisotopic (exact) mass is 1280 g/mol. The lowest BCUT2D eigenvalue weighted by Gasteiger charge is -2.15. The number of aryl methyl sites for hydroxylation is 4. The Labute approximate surface area is 535 Å². The molecule has 0 bridgehead atoms. The number of fused-ring (bicyclic) bond motifs is 6. The minimum atomic E-state index is -0.484. The highest BCUT2D eigenvalue weighted by molar-refractivity contribution is 6.06. The quantitative estimate of drug-likeness (QED) is 0.0389. The van der Waals surface area contributed by atoms with E-state index in [4.69, 9.17) is 61.6 Å². The number of carbonyl (C=O) groups is 2. The average Bonchev–Trinajstić information content (AvgIpc) is 1.62. The van der Waals surface area contributed by atoms with Crippen molar-refractivity contribution in [3.8, 4) is 33.8 Å². The average molecular weight is 1280 g/mol. The highest BCUT2D eigenvalue weighted by atomic mass is 16.6. The lowest BCUT2D eigenvalue weighted by Crippen LogP contribution is -2.35. The van der Waals surface area contributed by atoms with Crippen LogP contribution in [0.5, 0.6) is 11.5 Å². The van der Waals surface area contributed by atoms with E-state index in [1.54, 1.807) is 48.1 Å². The van der Waals surface area contributed by atoms with Crippen LogP contribution in [0.3, 0.4) is 0 Å². The molecule has 0 spiro atoms. The summed E-state index contributed by atoms with van der Waals surface area (Å²) in [6, 6.07) is 17.6. The van der Waals surface area contributed by atoms with Crippen molar-refractivity contribution in [2.75, 3.05) is 120 Å². The number of amides is 2. The Balaban J connectivity index is 0.559. The Morgan fingerprint density at radius 1 is 0.495 bits per heavy atom. The van der Waals surface area contributed by atoms with Gasteiger partial charge >= 0.3 is 11.4 Å². The van der Waals surface area contributed by atoms with E-state index in [1.165, 1.54) is 9.13 Å². The fourth-order valence-electron chi connectivity index (χ4n) is 11.3. The van der Waals surface area contributed by atoms with Gasteiger partial charge < -0.3 is 62.3 Å². The van der Waals surface area contributed by atoms with Gasteiger partial charge in [-0.3, -0.25) is 47.8 Å². The first-order valence-electron chi connectivity index (χ1n) is 30.8. The first-order chi connectivity index (χ1) is 45.3. The molecule has 0 unspecified atom stereocenters. The van der Waals surface area contributed by atoms with E-state index >= 15 is 0 Å². The summed E-state index contributed by atoms with van der Waals surface area (Å²) < 4.78 is 68.2. The molecule has 492 valence electrons. The fraction of sp³-hybridized carbons (Fsp3) is 0.424. The van der Waals surface area contributed by atoms with Crippen LogP contribution in [-0.2, 0) is 55.8 Å². The van der Waals surface area contributed by atoms with Crippen LogP contribution in [0.15, 0.2) is 104 Å². The first kappa shape index (κ1) is 66.7. The SMILES string of the molecule is COc1cc2c(cc1-c1c(C)noc1C)ncc1c2n([C@H](C)c2ccccn2)c(=O)n1CC(=O)NCCOCCOCCOCCOCCOCCOCCOCCNC(=O)Cn1c(=O)n([C@H](C)c2ccccn2)c2c3cc(OC)c(-c4c(C)noc4C)cc3ncc21. The van der Waals surface area contributed by atoms with Crippen molar-refractivity contribution in [2.24, 2.45) is 0 Å². The molecule has 2 amide bonds. The van der Waals surface area contributed by atoms with E-state index in [1.807, 2.05) is 102 Å². The number of aromatic nitrogens is 10. The number of nitrogens with zero attached hydrogens (tertiary/aromatic N) is 10. The predicted molar refractivity (Wildman–Crippen MR) is 344 cm³/mol. The van der Waals surface area contributed by atoms with Gasteiger partial charge in [-0.15, -0.1) is 0 Å². The lowest BCUT2D eigenvalue weighted by atomic mass is 10.00. The van der Waals surface area contributed by atoms with Crippen LogP contribution in [0.2, 0.25) is 0 Å². The van der Waals surface area contributed by atoms with E-state index in [-0.39, 0.29) is 62.6 Å². The third kappa shape index (κ3) is 15.5. The maximum absolute atomic E-state index is 14.3. The van der Waals surface area contributed by atoms with Gasteiger partial charge in [-0.05, 0) is 90.1 Å². The molecule has 10 rings (SSSR count). The van der Waals surface area contributed by atoms with Crippen molar-refractivity contribution in [3.63, 3.8) is 0 Å². The summed E-state index contributed by atoms with van der Waals surface area (Å²) in [4.78, 5) is 74.0. The highest BCUT2D eigenvalue weighted by Gasteiger charge is 2.28. The second kappa shape index (κ2) is 31.9. The molecule has 0 aliphatic carbocycles. The third-order valence-electron chi connectivity index (χ3n) is 15.8. The molecule has 0 fully saturated rings. The molecular weight excluding hydrogens is 1200 g/mol. The van der Waals surface area contributed by atoms with E-state index in [0.717, 1.165) is 22.3 Å². The molecule has 2 aromatic carbocycles. The van der Waals surface area contributed by atoms with Crippen molar-refractivity contribution in [1.82, 2.24) is 59.2 Å². The summed E-state index contributed by atoms with van der Waals surface area (Å²) in [5.74, 6) is 1.65. The molecular formula is C66H78N12O15. The van der Waals surface area contributed by atoms with E-state index in [9.17, 15) is 19.2 Å². The highest BCUT2D eigenvalue weighted by Crippen LogP contribution is 2.41. The molecule has 8 aromatic heterocycles. The van der Waals surface area contributed by atoms with E-state index in [0.29, 0.717) is 169 Å². The normalized spacial score (nSPS) is 12.4. The predicted octanol–water partition coefficient (Wildman–Crippen LogP) is 6.63. The van der Waals surface area contributed by atoms with Crippen molar-refractivity contribution in [2.45, 2.75) is 66.7 Å². The number of carbonyl (C=O) groups excluding carboxylic acids is 2. The van der Waals surface area contributed by atoms with Gasteiger partial charge in [0.15, 0.2) is 0 Å². The van der Waals surface area contributed by atoms with Crippen molar-refractivity contribution < 1.29 is 61.3 Å². The van der Waals surface area contributed by atoms with Crippen molar-refractivity contribution in [3.05, 3.63) is 141 Å². The Morgan fingerprint density at radius 3 is 1.16 bits per heavy atom. The second-order valence-corrected chi connectivity index (χ2v) is 21.8. The van der Waals surface area contributed by atoms with Gasteiger partial charge in [-0.25, -0.2) is 9.59 Å². The molecule has 27 heteroatoms. The third-order valence-corrected chi connectivity index (χ3v) is 15.8. The van der Waals surface area contributed by atoms with Gasteiger partial charge in [0.2, 0.25) is 11.8 Å². The largest absolute Gasteiger partial charge is 0.496 e. The molecule has 0 saturated carbocycles. The Kier molecular flexibility index (Phi) is 22.9. The maximum Gasteiger partial charge on any atom is 0.330 e. The topological polar surface area (TPSA) is 299 Å². The second-order valence-electron chi connectivity index (χ2n) is 21.8. The molecule has 2 N–H and O–H groups in total. The number of hydrogen-bond donors (Lipinski definition) is 2. The molecule has 0 aliphatic rings. The molecule has 8 heterocycles. The number of imidazole rings is 2. The Bertz CT molecular complexity index is 3980. The van der Waals surface area contributed by atoms with Crippen molar-refractivity contribution >= 4 is 55.7 Å². The minimum Gasteiger partial charge on any atom is -0.496 e. The number of rotatable bonds is 36. The van der Waals surface area contributed by atoms with Crippen LogP contribution in [0.25, 0.3) is 66.1 Å². The lowest BCUT2D eigenvalue weighted by molar-refractivity contribution is -0.122. The zero-order chi connectivity index (χ0) is 65.4. The number of hydrogen-bond acceptors (Lipinski definition) is 21. The summed E-state index contributed by atoms with van der Waals surface area (Å²) >= 11 is 0. The fourth-order valence-corrected chi connectivity index (χ4v) is 11.3. The molecule has 27 nitrogen and oxygen atoms in total.